The Morgan fingerprint density at radius 2 is 2.20 bits per heavy atom. The second-order valence-electron chi connectivity index (χ2n) is 5.01. The lowest BCUT2D eigenvalue weighted by molar-refractivity contribution is -0.121. The molecule has 0 radical (unpaired) electrons. The van der Waals surface area contributed by atoms with Crippen molar-refractivity contribution in [3.63, 3.8) is 0 Å². The minimum atomic E-state index is -3.65. The molecule has 5 nitrogen and oxygen atoms in total. The lowest BCUT2D eigenvalue weighted by Crippen LogP contribution is -2.42. The summed E-state index contributed by atoms with van der Waals surface area (Å²) in [6.45, 7) is 1.76. The number of carbonyl (C=O) groups is 1. The fourth-order valence-corrected chi connectivity index (χ4v) is 4.71. The summed E-state index contributed by atoms with van der Waals surface area (Å²) in [4.78, 5) is 11.8. The molecule has 1 atom stereocenters. The van der Waals surface area contributed by atoms with Gasteiger partial charge in [-0.2, -0.15) is 4.31 Å². The maximum absolute atomic E-state index is 12.2. The highest BCUT2D eigenvalue weighted by molar-refractivity contribution is 7.91. The zero-order valence-corrected chi connectivity index (χ0v) is 13.7. The molecule has 1 heterocycles. The zero-order chi connectivity index (χ0) is 14.9. The Kier molecular flexibility index (Phi) is 4.73. The van der Waals surface area contributed by atoms with Crippen LogP contribution in [0.3, 0.4) is 0 Å². The lowest BCUT2D eigenvalue weighted by atomic mass is 10.2. The van der Waals surface area contributed by atoms with Crippen molar-refractivity contribution in [2.45, 2.75) is 30.0 Å². The molecular weight excluding hydrogens is 320 g/mol. The summed E-state index contributed by atoms with van der Waals surface area (Å²) in [5.41, 5.74) is 0. The first-order chi connectivity index (χ1) is 9.30. The maximum atomic E-state index is 12.2. The number of nitrogens with zero attached hydrogens (tertiary/aromatic N) is 1. The molecular formula is C12H17ClN2O3S2. The summed E-state index contributed by atoms with van der Waals surface area (Å²) < 4.78 is 26.0. The van der Waals surface area contributed by atoms with Crippen LogP contribution >= 0.6 is 22.9 Å². The molecule has 1 saturated carbocycles. The number of halogens is 1. The summed E-state index contributed by atoms with van der Waals surface area (Å²) in [5.74, 6) is 0.259. The van der Waals surface area contributed by atoms with E-state index in [-0.39, 0.29) is 22.7 Å². The molecule has 1 aromatic rings. The number of thiophene rings is 1. The number of rotatable bonds is 6. The molecule has 112 valence electrons. The first-order valence-electron chi connectivity index (χ1n) is 6.31. The smallest absolute Gasteiger partial charge is 0.252 e. The van der Waals surface area contributed by atoms with Crippen LogP contribution in [0.5, 0.6) is 0 Å². The van der Waals surface area contributed by atoms with Crippen molar-refractivity contribution in [2.24, 2.45) is 5.92 Å². The minimum Gasteiger partial charge on any atom is -0.352 e. The Morgan fingerprint density at radius 3 is 2.70 bits per heavy atom. The van der Waals surface area contributed by atoms with Crippen molar-refractivity contribution in [1.82, 2.24) is 9.62 Å². The van der Waals surface area contributed by atoms with Crippen molar-refractivity contribution < 1.29 is 13.2 Å². The summed E-state index contributed by atoms with van der Waals surface area (Å²) in [6.07, 6.45) is 2.26. The van der Waals surface area contributed by atoms with Crippen molar-refractivity contribution >= 4 is 38.9 Å². The Bertz CT molecular complexity index is 596. The van der Waals surface area contributed by atoms with Gasteiger partial charge in [0.15, 0.2) is 0 Å². The van der Waals surface area contributed by atoms with Crippen LogP contribution in [0.15, 0.2) is 16.3 Å². The van der Waals surface area contributed by atoms with Gasteiger partial charge in [0.05, 0.1) is 10.9 Å². The van der Waals surface area contributed by atoms with Crippen molar-refractivity contribution in [3.8, 4) is 0 Å². The summed E-state index contributed by atoms with van der Waals surface area (Å²) in [7, 11) is -2.25. The molecule has 0 bridgehead atoms. The first-order valence-corrected chi connectivity index (χ1v) is 8.95. The molecule has 1 N–H and O–H groups in total. The van der Waals surface area contributed by atoms with Gasteiger partial charge < -0.3 is 5.32 Å². The Hall–Kier alpha value is -0.630. The van der Waals surface area contributed by atoms with Crippen LogP contribution in [0.4, 0.5) is 0 Å². The topological polar surface area (TPSA) is 66.5 Å². The second kappa shape index (κ2) is 6.01. The number of carbonyl (C=O) groups excluding carboxylic acids is 1. The van der Waals surface area contributed by atoms with Gasteiger partial charge in [-0.3, -0.25) is 4.79 Å². The van der Waals surface area contributed by atoms with Crippen molar-refractivity contribution in [2.75, 3.05) is 13.6 Å². The van der Waals surface area contributed by atoms with Gasteiger partial charge in [0, 0.05) is 13.1 Å². The number of sulfonamides is 1. The quantitative estimate of drug-likeness (QED) is 0.863. The van der Waals surface area contributed by atoms with E-state index in [0.717, 1.165) is 28.5 Å². The summed E-state index contributed by atoms with van der Waals surface area (Å²) in [5, 5.41) is 2.83. The Balaban J connectivity index is 1.96. The number of nitrogens with one attached hydrogen (secondary N) is 1. The Labute approximate surface area is 128 Å². The highest BCUT2D eigenvalue weighted by Gasteiger charge is 2.30. The van der Waals surface area contributed by atoms with Crippen LogP contribution in [-0.4, -0.2) is 38.3 Å². The number of hydrogen-bond donors (Lipinski definition) is 1. The third-order valence-corrected chi connectivity index (χ3v) is 6.80. The molecule has 0 unspecified atom stereocenters. The van der Waals surface area contributed by atoms with E-state index in [2.05, 4.69) is 5.32 Å². The predicted molar refractivity (Wildman–Crippen MR) is 79.5 cm³/mol. The van der Waals surface area contributed by atoms with Crippen molar-refractivity contribution in [3.05, 3.63) is 16.5 Å². The fourth-order valence-electron chi connectivity index (χ4n) is 1.89. The van der Waals surface area contributed by atoms with Gasteiger partial charge in [-0.1, -0.05) is 11.6 Å². The van der Waals surface area contributed by atoms with E-state index in [9.17, 15) is 13.2 Å². The molecule has 1 fully saturated rings. The molecule has 2 rings (SSSR count). The minimum absolute atomic E-state index is 0.106. The number of hydrogen-bond acceptors (Lipinski definition) is 4. The molecule has 8 heteroatoms. The average Bonchev–Trinajstić information content (AvgIpc) is 3.11. The number of amides is 1. The third kappa shape index (κ3) is 3.72. The molecule has 0 aliphatic heterocycles. The van der Waals surface area contributed by atoms with Gasteiger partial charge in [0.1, 0.15) is 4.21 Å². The lowest BCUT2D eigenvalue weighted by Gasteiger charge is -2.18. The highest BCUT2D eigenvalue weighted by atomic mass is 35.5. The van der Waals surface area contributed by atoms with Crippen LogP contribution in [0.25, 0.3) is 0 Å². The normalized spacial score (nSPS) is 17.2. The summed E-state index contributed by atoms with van der Waals surface area (Å²) >= 11 is 6.73. The standard InChI is InChI=1S/C12H17ClN2O3S2/c1-8(9-3-4-9)14-11(16)7-15(2)20(17,18)12-6-5-10(13)19-12/h5-6,8-9H,3-4,7H2,1-2H3,(H,14,16)/t8-/m0/s1. The highest BCUT2D eigenvalue weighted by Crippen LogP contribution is 2.32. The first kappa shape index (κ1) is 15.8. The molecule has 0 saturated heterocycles. The van der Waals surface area contributed by atoms with E-state index in [1.165, 1.54) is 19.2 Å². The van der Waals surface area contributed by atoms with E-state index in [1.54, 1.807) is 0 Å². The zero-order valence-electron chi connectivity index (χ0n) is 11.3. The molecule has 1 aliphatic rings. The summed E-state index contributed by atoms with van der Waals surface area (Å²) in [6, 6.07) is 3.08. The average molecular weight is 337 g/mol. The van der Waals surface area contributed by atoms with Gasteiger partial charge in [-0.15, -0.1) is 11.3 Å². The maximum Gasteiger partial charge on any atom is 0.252 e. The molecule has 0 spiro atoms. The molecule has 0 aromatic carbocycles. The largest absolute Gasteiger partial charge is 0.352 e. The van der Waals surface area contributed by atoms with Crippen LogP contribution in [0.1, 0.15) is 19.8 Å². The van der Waals surface area contributed by atoms with Crippen LogP contribution in [-0.2, 0) is 14.8 Å². The second-order valence-corrected chi connectivity index (χ2v) is 9.00. The van der Waals surface area contributed by atoms with Crippen LogP contribution in [0.2, 0.25) is 4.34 Å². The van der Waals surface area contributed by atoms with E-state index in [1.807, 2.05) is 6.92 Å². The van der Waals surface area contributed by atoms with Crippen molar-refractivity contribution in [1.29, 1.82) is 0 Å². The molecule has 1 aromatic heterocycles. The SMILES string of the molecule is C[C@H](NC(=O)CN(C)S(=O)(=O)c1ccc(Cl)s1)C1CC1. The molecule has 1 aliphatic carbocycles. The van der Waals surface area contributed by atoms with E-state index in [4.69, 9.17) is 11.6 Å². The van der Waals surface area contributed by atoms with Gasteiger partial charge in [0.2, 0.25) is 5.91 Å². The molecule has 20 heavy (non-hydrogen) atoms. The fraction of sp³-hybridized carbons (Fsp3) is 0.583. The van der Waals surface area contributed by atoms with Crippen LogP contribution in [0, 0.1) is 5.92 Å². The predicted octanol–water partition coefficient (Wildman–Crippen LogP) is 1.94. The number of likely N-dealkylation sites (N-methyl/N-ethyl adjacent to an activating group) is 1. The van der Waals surface area contributed by atoms with Gasteiger partial charge in [0.25, 0.3) is 10.0 Å². The van der Waals surface area contributed by atoms with E-state index >= 15 is 0 Å². The van der Waals surface area contributed by atoms with Gasteiger partial charge >= 0.3 is 0 Å². The van der Waals surface area contributed by atoms with Gasteiger partial charge in [-0.05, 0) is 37.8 Å². The van der Waals surface area contributed by atoms with Crippen LogP contribution < -0.4 is 5.32 Å². The van der Waals surface area contributed by atoms with E-state index in [0.29, 0.717) is 10.3 Å². The Morgan fingerprint density at radius 1 is 1.55 bits per heavy atom. The van der Waals surface area contributed by atoms with Gasteiger partial charge in [-0.25, -0.2) is 8.42 Å². The monoisotopic (exact) mass is 336 g/mol. The van der Waals surface area contributed by atoms with E-state index < -0.39 is 10.0 Å². The molecule has 1 amide bonds. The third-order valence-electron chi connectivity index (χ3n) is 3.30.